The molecular weight excluding hydrogens is 394 g/mol. The van der Waals surface area contributed by atoms with Crippen molar-refractivity contribution in [2.45, 2.75) is 33.6 Å². The van der Waals surface area contributed by atoms with Crippen LogP contribution >= 0.6 is 0 Å². The van der Waals surface area contributed by atoms with Gasteiger partial charge < -0.3 is 19.7 Å². The maximum absolute atomic E-state index is 12.0. The van der Waals surface area contributed by atoms with Crippen molar-refractivity contribution in [2.75, 3.05) is 19.8 Å². The first kappa shape index (κ1) is 23.0. The molecule has 31 heavy (non-hydrogen) atoms. The number of ether oxygens (including phenoxy) is 1. The summed E-state index contributed by atoms with van der Waals surface area (Å²) in [4.78, 5) is 27.3. The molecule has 1 heterocycles. The Morgan fingerprint density at radius 3 is 2.71 bits per heavy atom. The third kappa shape index (κ3) is 5.73. The van der Waals surface area contributed by atoms with Gasteiger partial charge in [-0.25, -0.2) is 9.78 Å². The van der Waals surface area contributed by atoms with Crippen LogP contribution in [0.2, 0.25) is 0 Å². The Bertz CT molecular complexity index is 963. The molecular formula is C24H33N3O4. The predicted octanol–water partition coefficient (Wildman–Crippen LogP) is 3.19. The van der Waals surface area contributed by atoms with Crippen LogP contribution in [0.3, 0.4) is 0 Å². The number of nitrogens with zero attached hydrogens (tertiary/aromatic N) is 2. The molecule has 1 aromatic carbocycles. The number of aliphatic carboxylic acids is 1. The number of rotatable bonds is 9. The van der Waals surface area contributed by atoms with E-state index in [-0.39, 0.29) is 18.4 Å². The summed E-state index contributed by atoms with van der Waals surface area (Å²) in [5.74, 6) is 1.35. The Hall–Kier alpha value is -2.67. The molecule has 0 aliphatic heterocycles. The zero-order chi connectivity index (χ0) is 22.5. The average Bonchev–Trinajstić information content (AvgIpc) is 3.03. The van der Waals surface area contributed by atoms with Crippen molar-refractivity contribution in [2.24, 2.45) is 30.7 Å². The van der Waals surface area contributed by atoms with Crippen molar-refractivity contribution in [3.8, 4) is 0 Å². The molecule has 0 fully saturated rings. The number of carbonyl (C=O) groups is 2. The van der Waals surface area contributed by atoms with Crippen molar-refractivity contribution in [1.29, 1.82) is 0 Å². The Morgan fingerprint density at radius 2 is 2.03 bits per heavy atom. The molecule has 0 radical (unpaired) electrons. The molecule has 7 heteroatoms. The third-order valence-corrected chi connectivity index (χ3v) is 6.39. The zero-order valence-corrected chi connectivity index (χ0v) is 18.8. The predicted molar refractivity (Wildman–Crippen MR) is 120 cm³/mol. The maximum Gasteiger partial charge on any atom is 0.329 e. The van der Waals surface area contributed by atoms with Gasteiger partial charge in [0.05, 0.1) is 11.0 Å². The maximum atomic E-state index is 12.0. The molecule has 0 bridgehead atoms. The number of carboxylic acids is 1. The van der Waals surface area contributed by atoms with Crippen molar-refractivity contribution >= 4 is 22.9 Å². The molecule has 1 amide bonds. The summed E-state index contributed by atoms with van der Waals surface area (Å²) < 4.78 is 7.07. The van der Waals surface area contributed by atoms with Gasteiger partial charge in [0, 0.05) is 20.0 Å². The topological polar surface area (TPSA) is 93.4 Å². The summed E-state index contributed by atoms with van der Waals surface area (Å²) in [7, 11) is 2.08. The number of para-hydroxylation sites is 2. The van der Waals surface area contributed by atoms with E-state index in [9.17, 15) is 9.59 Å². The quantitative estimate of drug-likeness (QED) is 0.600. The number of carbonyl (C=O) groups excluding carboxylic acids is 1. The molecule has 0 spiro atoms. The van der Waals surface area contributed by atoms with Gasteiger partial charge in [0.1, 0.15) is 19.0 Å². The highest BCUT2D eigenvalue weighted by Crippen LogP contribution is 2.38. The molecule has 0 saturated carbocycles. The standard InChI is InChI=1S/C24H33N3O4/c1-15(2)19-10-17(11-22-26-20-7-5-6-8-21(20)27(22)4)16(3)9-18(19)12-25-23(28)13-31-14-24(29)30/h5-9,15,17-19H,10-14H2,1-4H3,(H,25,28)(H,29,30)/t17-,18-,19-/m0/s1. The highest BCUT2D eigenvalue weighted by atomic mass is 16.5. The van der Waals surface area contributed by atoms with E-state index in [1.165, 1.54) is 5.57 Å². The summed E-state index contributed by atoms with van der Waals surface area (Å²) >= 11 is 0. The molecule has 1 aromatic heterocycles. The smallest absolute Gasteiger partial charge is 0.329 e. The number of nitrogens with one attached hydrogen (secondary N) is 1. The summed E-state index contributed by atoms with van der Waals surface area (Å²) in [5.41, 5.74) is 3.52. The molecule has 2 N–H and O–H groups in total. The number of carboxylic acid groups (broad SMARTS) is 1. The lowest BCUT2D eigenvalue weighted by Crippen LogP contribution is -2.38. The minimum atomic E-state index is -1.08. The van der Waals surface area contributed by atoms with Gasteiger partial charge in [0.2, 0.25) is 5.91 Å². The SMILES string of the molecule is CC1=C[C@@H](CNC(=O)COCC(=O)O)[C@H](C(C)C)C[C@H]1Cc1nc2ccccc2n1C. The number of benzene rings is 1. The van der Waals surface area contributed by atoms with Crippen LogP contribution in [-0.2, 0) is 27.8 Å². The van der Waals surface area contributed by atoms with Crippen LogP contribution in [-0.4, -0.2) is 46.3 Å². The van der Waals surface area contributed by atoms with Crippen LogP contribution in [0, 0.1) is 23.7 Å². The monoisotopic (exact) mass is 427 g/mol. The van der Waals surface area contributed by atoms with E-state index in [1.807, 2.05) is 12.1 Å². The lowest BCUT2D eigenvalue weighted by Gasteiger charge is -2.37. The van der Waals surface area contributed by atoms with Gasteiger partial charge in [-0.15, -0.1) is 0 Å². The third-order valence-electron chi connectivity index (χ3n) is 6.39. The normalized spacial score (nSPS) is 21.3. The van der Waals surface area contributed by atoms with E-state index in [1.54, 1.807) is 0 Å². The van der Waals surface area contributed by atoms with Crippen molar-refractivity contribution in [1.82, 2.24) is 14.9 Å². The highest BCUT2D eigenvalue weighted by molar-refractivity contribution is 5.77. The van der Waals surface area contributed by atoms with Crippen LogP contribution in [0.25, 0.3) is 11.0 Å². The second-order valence-electron chi connectivity index (χ2n) is 8.89. The summed E-state index contributed by atoms with van der Waals surface area (Å²) in [5, 5.41) is 11.5. The first-order valence-corrected chi connectivity index (χ1v) is 10.9. The molecule has 1 aliphatic carbocycles. The van der Waals surface area contributed by atoms with E-state index < -0.39 is 12.6 Å². The van der Waals surface area contributed by atoms with Gasteiger partial charge in [-0.2, -0.15) is 0 Å². The summed E-state index contributed by atoms with van der Waals surface area (Å²) in [6.07, 6.45) is 4.26. The molecule has 168 valence electrons. The van der Waals surface area contributed by atoms with Crippen molar-refractivity contribution < 1.29 is 19.4 Å². The average molecular weight is 428 g/mol. The second kappa shape index (κ2) is 10.1. The van der Waals surface area contributed by atoms with E-state index in [4.69, 9.17) is 14.8 Å². The molecule has 3 rings (SSSR count). The van der Waals surface area contributed by atoms with Crippen LogP contribution in [0.4, 0.5) is 0 Å². The number of fused-ring (bicyclic) bond motifs is 1. The van der Waals surface area contributed by atoms with Gasteiger partial charge in [-0.05, 0) is 49.1 Å². The number of amides is 1. The largest absolute Gasteiger partial charge is 0.480 e. The van der Waals surface area contributed by atoms with Gasteiger partial charge in [-0.3, -0.25) is 4.79 Å². The molecule has 7 nitrogen and oxygen atoms in total. The van der Waals surface area contributed by atoms with Gasteiger partial charge in [0.15, 0.2) is 0 Å². The summed E-state index contributed by atoms with van der Waals surface area (Å²) in [6.45, 7) is 6.48. The van der Waals surface area contributed by atoms with Crippen LogP contribution in [0.15, 0.2) is 35.9 Å². The molecule has 2 aromatic rings. The Kier molecular flexibility index (Phi) is 7.49. The first-order valence-electron chi connectivity index (χ1n) is 10.9. The minimum Gasteiger partial charge on any atom is -0.480 e. The number of hydrogen-bond acceptors (Lipinski definition) is 4. The van der Waals surface area contributed by atoms with Gasteiger partial charge >= 0.3 is 5.97 Å². The molecule has 0 saturated heterocycles. The van der Waals surface area contributed by atoms with Crippen LogP contribution < -0.4 is 5.32 Å². The van der Waals surface area contributed by atoms with E-state index >= 15 is 0 Å². The van der Waals surface area contributed by atoms with Crippen molar-refractivity contribution in [3.63, 3.8) is 0 Å². The lowest BCUT2D eigenvalue weighted by molar-refractivity contribution is -0.143. The molecule has 3 atom stereocenters. The number of hydrogen-bond donors (Lipinski definition) is 2. The fraction of sp³-hybridized carbons (Fsp3) is 0.542. The fourth-order valence-electron chi connectivity index (χ4n) is 4.62. The van der Waals surface area contributed by atoms with Crippen LogP contribution in [0.5, 0.6) is 0 Å². The first-order chi connectivity index (χ1) is 14.8. The molecule has 0 unspecified atom stereocenters. The molecule has 1 aliphatic rings. The summed E-state index contributed by atoms with van der Waals surface area (Å²) in [6, 6.07) is 8.22. The number of aryl methyl sites for hydroxylation is 1. The van der Waals surface area contributed by atoms with Gasteiger partial charge in [0.25, 0.3) is 0 Å². The zero-order valence-electron chi connectivity index (χ0n) is 18.8. The number of aromatic nitrogens is 2. The van der Waals surface area contributed by atoms with Crippen molar-refractivity contribution in [3.05, 3.63) is 41.7 Å². The Morgan fingerprint density at radius 1 is 1.29 bits per heavy atom. The number of imidazole rings is 1. The minimum absolute atomic E-state index is 0.233. The van der Waals surface area contributed by atoms with Gasteiger partial charge in [-0.1, -0.05) is 37.6 Å². The Labute approximate surface area is 183 Å². The fourth-order valence-corrected chi connectivity index (χ4v) is 4.62. The van der Waals surface area contributed by atoms with E-state index in [0.717, 1.165) is 29.7 Å². The lowest BCUT2D eigenvalue weighted by atomic mass is 9.69. The van der Waals surface area contributed by atoms with E-state index in [2.05, 4.69) is 55.9 Å². The Balaban J connectivity index is 1.66. The highest BCUT2D eigenvalue weighted by Gasteiger charge is 2.32. The number of allylic oxidation sites excluding steroid dienone is 1. The second-order valence-corrected chi connectivity index (χ2v) is 8.89. The van der Waals surface area contributed by atoms with E-state index in [0.29, 0.717) is 24.3 Å². The van der Waals surface area contributed by atoms with Crippen LogP contribution in [0.1, 0.15) is 33.0 Å².